The molecule has 0 amide bonds. The molecule has 0 aliphatic heterocycles. The third-order valence-corrected chi connectivity index (χ3v) is 5.86. The normalized spacial score (nSPS) is 41.6. The van der Waals surface area contributed by atoms with E-state index in [1.165, 1.54) is 49.8 Å². The number of nitrogens with zero attached hydrogens (tertiary/aromatic N) is 1. The Morgan fingerprint density at radius 2 is 1.72 bits per heavy atom. The molecule has 4 bridgehead atoms. The molecule has 18 heavy (non-hydrogen) atoms. The molecule has 98 valence electrons. The van der Waals surface area contributed by atoms with Crippen molar-refractivity contribution in [2.24, 2.45) is 23.5 Å². The quantitative estimate of drug-likeness (QED) is 0.841. The molecule has 4 aliphatic carbocycles. The van der Waals surface area contributed by atoms with Crippen molar-refractivity contribution in [1.29, 1.82) is 0 Å². The average molecular weight is 245 g/mol. The highest BCUT2D eigenvalue weighted by molar-refractivity contribution is 5.33. The van der Waals surface area contributed by atoms with E-state index < -0.39 is 0 Å². The zero-order valence-electron chi connectivity index (χ0n) is 11.2. The topological polar surface area (TPSA) is 54.7 Å². The molecule has 5 rings (SSSR count). The molecule has 0 aromatic carbocycles. The second-order valence-corrected chi connectivity index (χ2v) is 7.08. The lowest BCUT2D eigenvalue weighted by Gasteiger charge is -2.56. The van der Waals surface area contributed by atoms with Gasteiger partial charge in [0.2, 0.25) is 0 Å². The molecule has 0 atom stereocenters. The summed E-state index contributed by atoms with van der Waals surface area (Å²) in [5, 5.41) is 7.85. The summed E-state index contributed by atoms with van der Waals surface area (Å²) in [4.78, 5) is 0. The lowest BCUT2D eigenvalue weighted by atomic mass is 9.48. The molecule has 0 radical (unpaired) electrons. The largest absolute Gasteiger partial charge is 0.325 e. The molecular formula is C15H23N3. The summed E-state index contributed by atoms with van der Waals surface area (Å²) in [5.41, 5.74) is 10.0. The average Bonchev–Trinajstić information content (AvgIpc) is 2.69. The van der Waals surface area contributed by atoms with Gasteiger partial charge in [0.05, 0.1) is 11.4 Å². The van der Waals surface area contributed by atoms with Gasteiger partial charge in [-0.15, -0.1) is 0 Å². The Kier molecular flexibility index (Phi) is 2.20. The summed E-state index contributed by atoms with van der Waals surface area (Å²) in [5.74, 6) is 2.94. The van der Waals surface area contributed by atoms with E-state index in [1.54, 1.807) is 0 Å². The number of hydrogen-bond donors (Lipinski definition) is 2. The number of nitrogens with one attached hydrogen (secondary N) is 1. The van der Waals surface area contributed by atoms with E-state index in [0.29, 0.717) is 12.0 Å². The van der Waals surface area contributed by atoms with Crippen molar-refractivity contribution < 1.29 is 0 Å². The summed E-state index contributed by atoms with van der Waals surface area (Å²) in [6.45, 7) is 2.80. The van der Waals surface area contributed by atoms with Crippen LogP contribution in [0.3, 0.4) is 0 Å². The summed E-state index contributed by atoms with van der Waals surface area (Å²) < 4.78 is 0. The predicted molar refractivity (Wildman–Crippen MR) is 71.1 cm³/mol. The Hall–Kier alpha value is -0.830. The van der Waals surface area contributed by atoms with Gasteiger partial charge < -0.3 is 5.73 Å². The predicted octanol–water partition coefficient (Wildman–Crippen LogP) is 2.64. The van der Waals surface area contributed by atoms with Crippen LogP contribution >= 0.6 is 0 Å². The van der Waals surface area contributed by atoms with Gasteiger partial charge in [0.25, 0.3) is 0 Å². The molecule has 0 spiro atoms. The second kappa shape index (κ2) is 3.60. The molecule has 4 saturated carbocycles. The van der Waals surface area contributed by atoms with Gasteiger partial charge in [-0.2, -0.15) is 5.10 Å². The van der Waals surface area contributed by atoms with Crippen molar-refractivity contribution in [1.82, 2.24) is 10.2 Å². The summed E-state index contributed by atoms with van der Waals surface area (Å²) in [6, 6.07) is 0. The molecule has 1 aromatic rings. The van der Waals surface area contributed by atoms with Crippen molar-refractivity contribution in [2.75, 3.05) is 0 Å². The number of nitrogens with two attached hydrogens (primary N) is 1. The maximum atomic E-state index is 5.78. The molecule has 1 heterocycles. The van der Waals surface area contributed by atoms with Crippen LogP contribution in [0.2, 0.25) is 0 Å². The van der Waals surface area contributed by atoms with E-state index in [0.717, 1.165) is 23.4 Å². The third kappa shape index (κ3) is 1.37. The van der Waals surface area contributed by atoms with Crippen molar-refractivity contribution in [2.45, 2.75) is 57.4 Å². The van der Waals surface area contributed by atoms with Gasteiger partial charge in [0, 0.05) is 12.0 Å². The van der Waals surface area contributed by atoms with Crippen molar-refractivity contribution in [3.05, 3.63) is 17.0 Å². The van der Waals surface area contributed by atoms with Gasteiger partial charge in [0.1, 0.15) is 0 Å². The minimum absolute atomic E-state index is 0.406. The van der Waals surface area contributed by atoms with Crippen LogP contribution in [0, 0.1) is 24.7 Å². The minimum Gasteiger partial charge on any atom is -0.325 e. The van der Waals surface area contributed by atoms with Crippen LogP contribution in [0.5, 0.6) is 0 Å². The number of aromatic nitrogens is 2. The fourth-order valence-corrected chi connectivity index (χ4v) is 5.55. The van der Waals surface area contributed by atoms with Crippen LogP contribution in [0.4, 0.5) is 0 Å². The van der Waals surface area contributed by atoms with Crippen molar-refractivity contribution in [3.8, 4) is 0 Å². The zero-order chi connectivity index (χ0) is 12.3. The van der Waals surface area contributed by atoms with Gasteiger partial charge in [-0.3, -0.25) is 5.10 Å². The Balaban J connectivity index is 1.76. The van der Waals surface area contributed by atoms with Crippen molar-refractivity contribution in [3.63, 3.8) is 0 Å². The first kappa shape index (κ1) is 11.0. The molecule has 3 N–H and O–H groups in total. The number of H-pyrrole nitrogens is 1. The van der Waals surface area contributed by atoms with Crippen LogP contribution in [0.25, 0.3) is 0 Å². The lowest BCUT2D eigenvalue weighted by molar-refractivity contribution is -0.00749. The maximum absolute atomic E-state index is 5.78. The van der Waals surface area contributed by atoms with Gasteiger partial charge in [0.15, 0.2) is 0 Å². The van der Waals surface area contributed by atoms with Gasteiger partial charge in [-0.1, -0.05) is 0 Å². The molecule has 3 heteroatoms. The fourth-order valence-electron chi connectivity index (χ4n) is 5.55. The van der Waals surface area contributed by atoms with Crippen LogP contribution in [-0.2, 0) is 12.0 Å². The van der Waals surface area contributed by atoms with Gasteiger partial charge in [-0.25, -0.2) is 0 Å². The van der Waals surface area contributed by atoms with E-state index in [2.05, 4.69) is 17.1 Å². The lowest BCUT2D eigenvalue weighted by Crippen LogP contribution is -2.49. The van der Waals surface area contributed by atoms with Crippen LogP contribution in [0.1, 0.15) is 55.5 Å². The number of hydrogen-bond acceptors (Lipinski definition) is 2. The summed E-state index contributed by atoms with van der Waals surface area (Å²) in [6.07, 6.45) is 8.63. The monoisotopic (exact) mass is 245 g/mol. The van der Waals surface area contributed by atoms with E-state index in [4.69, 9.17) is 5.73 Å². The maximum Gasteiger partial charge on any atom is 0.0716 e. The molecule has 4 fully saturated rings. The van der Waals surface area contributed by atoms with E-state index in [1.807, 2.05) is 0 Å². The van der Waals surface area contributed by atoms with Crippen LogP contribution < -0.4 is 5.73 Å². The first-order valence-electron chi connectivity index (χ1n) is 7.44. The van der Waals surface area contributed by atoms with E-state index in [-0.39, 0.29) is 0 Å². The Morgan fingerprint density at radius 1 is 1.17 bits per heavy atom. The van der Waals surface area contributed by atoms with E-state index >= 15 is 0 Å². The van der Waals surface area contributed by atoms with E-state index in [9.17, 15) is 0 Å². The van der Waals surface area contributed by atoms with Gasteiger partial charge >= 0.3 is 0 Å². The SMILES string of the molecule is Cc1c(C23CC4CC(CC(C4)C2)C3)n[nH]c1CN. The molecule has 3 nitrogen and oxygen atoms in total. The highest BCUT2D eigenvalue weighted by Crippen LogP contribution is 2.60. The van der Waals surface area contributed by atoms with Crippen LogP contribution in [0.15, 0.2) is 0 Å². The number of rotatable bonds is 2. The van der Waals surface area contributed by atoms with Crippen LogP contribution in [-0.4, -0.2) is 10.2 Å². The minimum atomic E-state index is 0.406. The molecule has 4 aliphatic rings. The molecule has 0 unspecified atom stereocenters. The van der Waals surface area contributed by atoms with Gasteiger partial charge in [-0.05, 0) is 68.8 Å². The third-order valence-electron chi connectivity index (χ3n) is 5.86. The van der Waals surface area contributed by atoms with Crippen molar-refractivity contribution >= 4 is 0 Å². The molecule has 1 aromatic heterocycles. The Morgan fingerprint density at radius 3 is 2.17 bits per heavy atom. The summed E-state index contributed by atoms with van der Waals surface area (Å²) in [7, 11) is 0. The Labute approximate surface area is 109 Å². The number of aromatic amines is 1. The smallest absolute Gasteiger partial charge is 0.0716 e. The Bertz CT molecular complexity index is 439. The molecular weight excluding hydrogens is 222 g/mol. The first-order valence-corrected chi connectivity index (χ1v) is 7.44. The summed E-state index contributed by atoms with van der Waals surface area (Å²) >= 11 is 0. The fraction of sp³-hybridized carbons (Fsp3) is 0.800. The highest BCUT2D eigenvalue weighted by atomic mass is 15.1. The first-order chi connectivity index (χ1) is 8.70. The molecule has 0 saturated heterocycles. The second-order valence-electron chi connectivity index (χ2n) is 7.08. The standard InChI is InChI=1S/C15H23N3/c1-9-13(8-16)17-18-14(9)15-5-10-2-11(6-15)4-12(3-10)7-15/h10-12H,2-8,16H2,1H3,(H,17,18). The zero-order valence-corrected chi connectivity index (χ0v) is 11.2. The highest BCUT2D eigenvalue weighted by Gasteiger charge is 2.53.